The molecule has 0 aliphatic rings. The topological polar surface area (TPSA) is 108 Å². The largest absolute Gasteiger partial charge is 0.339 e. The van der Waals surface area contributed by atoms with Gasteiger partial charge >= 0.3 is 0 Å². The van der Waals surface area contributed by atoms with Gasteiger partial charge in [0.2, 0.25) is 5.91 Å². The summed E-state index contributed by atoms with van der Waals surface area (Å²) in [5.41, 5.74) is 2.23. The predicted molar refractivity (Wildman–Crippen MR) is 121 cm³/mol. The van der Waals surface area contributed by atoms with Crippen LogP contribution >= 0.6 is 11.8 Å². The molecule has 2 amide bonds. The Bertz CT molecular complexity index is 1130. The summed E-state index contributed by atoms with van der Waals surface area (Å²) in [6.45, 7) is 1.76. The summed E-state index contributed by atoms with van der Waals surface area (Å²) < 4.78 is 0. The van der Waals surface area contributed by atoms with E-state index in [0.29, 0.717) is 22.8 Å². The second kappa shape index (κ2) is 10.0. The quantitative estimate of drug-likeness (QED) is 0.572. The Hall–Kier alpha value is -3.46. The van der Waals surface area contributed by atoms with Crippen molar-refractivity contribution in [3.63, 3.8) is 0 Å². The number of benzene rings is 1. The third-order valence-electron chi connectivity index (χ3n) is 4.49. The molecular formula is C22H23N5O3S. The van der Waals surface area contributed by atoms with E-state index in [1.807, 2.05) is 0 Å². The lowest BCUT2D eigenvalue weighted by molar-refractivity contribution is -0.116. The van der Waals surface area contributed by atoms with Crippen LogP contribution in [0.1, 0.15) is 17.7 Å². The maximum atomic E-state index is 12.5. The molecule has 160 valence electrons. The molecule has 8 nitrogen and oxygen atoms in total. The van der Waals surface area contributed by atoms with Gasteiger partial charge in [-0.15, -0.1) is 0 Å². The van der Waals surface area contributed by atoms with Crippen molar-refractivity contribution < 1.29 is 9.59 Å². The lowest BCUT2D eigenvalue weighted by Crippen LogP contribution is -2.20. The minimum Gasteiger partial charge on any atom is -0.339 e. The van der Waals surface area contributed by atoms with Crippen molar-refractivity contribution in [2.24, 2.45) is 0 Å². The zero-order valence-corrected chi connectivity index (χ0v) is 18.3. The predicted octanol–water partition coefficient (Wildman–Crippen LogP) is 3.49. The monoisotopic (exact) mass is 437 g/mol. The van der Waals surface area contributed by atoms with E-state index in [0.717, 1.165) is 22.2 Å². The van der Waals surface area contributed by atoms with E-state index in [4.69, 9.17) is 0 Å². The van der Waals surface area contributed by atoms with Crippen molar-refractivity contribution in [2.75, 3.05) is 19.4 Å². The molecule has 0 fully saturated rings. The summed E-state index contributed by atoms with van der Waals surface area (Å²) >= 11 is 1.12. The number of amides is 2. The highest BCUT2D eigenvalue weighted by molar-refractivity contribution is 8.13. The molecule has 0 saturated heterocycles. The number of aromatic amines is 1. The van der Waals surface area contributed by atoms with Gasteiger partial charge in [0, 0.05) is 60.3 Å². The minimum absolute atomic E-state index is 0.0686. The van der Waals surface area contributed by atoms with E-state index >= 15 is 0 Å². The van der Waals surface area contributed by atoms with Gasteiger partial charge in [0.05, 0.1) is 0 Å². The Kier molecular flexibility index (Phi) is 7.19. The fourth-order valence-electron chi connectivity index (χ4n) is 2.81. The molecule has 0 unspecified atom stereocenters. The fourth-order valence-corrected chi connectivity index (χ4v) is 3.47. The average Bonchev–Trinajstić information content (AvgIpc) is 2.75. The van der Waals surface area contributed by atoms with Gasteiger partial charge in [-0.2, -0.15) is 0 Å². The molecule has 0 saturated carbocycles. The van der Waals surface area contributed by atoms with Crippen LogP contribution in [0.25, 0.3) is 11.4 Å². The van der Waals surface area contributed by atoms with Crippen molar-refractivity contribution in [2.45, 2.75) is 24.7 Å². The highest BCUT2D eigenvalue weighted by Crippen LogP contribution is 2.22. The summed E-state index contributed by atoms with van der Waals surface area (Å²) in [5.74, 6) is 0.269. The van der Waals surface area contributed by atoms with Gasteiger partial charge in [-0.25, -0.2) is 4.98 Å². The first-order valence-corrected chi connectivity index (χ1v) is 10.4. The van der Waals surface area contributed by atoms with Crippen LogP contribution in [0.3, 0.4) is 0 Å². The van der Waals surface area contributed by atoms with E-state index in [1.165, 1.54) is 4.90 Å². The highest BCUT2D eigenvalue weighted by atomic mass is 32.2. The molecule has 1 aromatic carbocycles. The molecule has 0 spiro atoms. The summed E-state index contributed by atoms with van der Waals surface area (Å²) in [4.78, 5) is 50.1. The highest BCUT2D eigenvalue weighted by Gasteiger charge is 2.12. The van der Waals surface area contributed by atoms with E-state index in [9.17, 15) is 14.4 Å². The van der Waals surface area contributed by atoms with Crippen molar-refractivity contribution in [3.8, 4) is 11.4 Å². The fraction of sp³-hybridized carbons (Fsp3) is 0.227. The van der Waals surface area contributed by atoms with E-state index in [1.54, 1.807) is 69.8 Å². The Balaban J connectivity index is 1.59. The lowest BCUT2D eigenvalue weighted by Gasteiger charge is -2.10. The molecule has 2 heterocycles. The number of thioether (sulfide) groups is 1. The normalized spacial score (nSPS) is 10.5. The van der Waals surface area contributed by atoms with Gasteiger partial charge in [0.25, 0.3) is 10.8 Å². The first-order chi connectivity index (χ1) is 14.8. The molecule has 3 rings (SSSR count). The molecule has 2 N–H and O–H groups in total. The van der Waals surface area contributed by atoms with Crippen LogP contribution in [0.5, 0.6) is 0 Å². The smallest absolute Gasteiger partial charge is 0.285 e. The Morgan fingerprint density at radius 3 is 2.39 bits per heavy atom. The van der Waals surface area contributed by atoms with Gasteiger partial charge < -0.3 is 15.2 Å². The SMILES string of the molecule is Cc1nc(-c2ccncc2)[nH]c(=O)c1CCC(=O)Nc1ccc(SC(=O)N(C)C)cc1. The Labute approximate surface area is 184 Å². The first kappa shape index (κ1) is 22.2. The summed E-state index contributed by atoms with van der Waals surface area (Å²) in [6, 6.07) is 10.6. The van der Waals surface area contributed by atoms with Crippen molar-refractivity contribution in [1.82, 2.24) is 19.9 Å². The van der Waals surface area contributed by atoms with Crippen LogP contribution in [0.2, 0.25) is 0 Å². The third-order valence-corrected chi connectivity index (χ3v) is 5.53. The maximum Gasteiger partial charge on any atom is 0.285 e. The zero-order chi connectivity index (χ0) is 22.4. The van der Waals surface area contributed by atoms with Crippen LogP contribution in [-0.2, 0) is 11.2 Å². The van der Waals surface area contributed by atoms with Crippen LogP contribution in [0.4, 0.5) is 10.5 Å². The van der Waals surface area contributed by atoms with Crippen LogP contribution < -0.4 is 10.9 Å². The van der Waals surface area contributed by atoms with Gasteiger partial charge in [0.1, 0.15) is 5.82 Å². The minimum atomic E-state index is -0.251. The van der Waals surface area contributed by atoms with Crippen molar-refractivity contribution in [3.05, 3.63) is 70.4 Å². The van der Waals surface area contributed by atoms with Crippen molar-refractivity contribution >= 4 is 28.6 Å². The van der Waals surface area contributed by atoms with Gasteiger partial charge in [0.15, 0.2) is 0 Å². The molecule has 2 aromatic heterocycles. The second-order valence-corrected chi connectivity index (χ2v) is 8.07. The third kappa shape index (κ3) is 6.02. The summed E-state index contributed by atoms with van der Waals surface area (Å²) in [5, 5.41) is 2.74. The number of nitrogens with one attached hydrogen (secondary N) is 2. The van der Waals surface area contributed by atoms with Crippen LogP contribution in [0, 0.1) is 6.92 Å². The van der Waals surface area contributed by atoms with Crippen molar-refractivity contribution in [1.29, 1.82) is 0 Å². The molecule has 0 atom stereocenters. The molecule has 0 aliphatic carbocycles. The number of H-pyrrole nitrogens is 1. The van der Waals surface area contributed by atoms with Crippen LogP contribution in [0.15, 0.2) is 58.5 Å². The summed E-state index contributed by atoms with van der Waals surface area (Å²) in [7, 11) is 3.39. The number of pyridine rings is 1. The van der Waals surface area contributed by atoms with E-state index < -0.39 is 0 Å². The zero-order valence-electron chi connectivity index (χ0n) is 17.5. The first-order valence-electron chi connectivity index (χ1n) is 9.62. The summed E-state index contributed by atoms with van der Waals surface area (Å²) in [6.07, 6.45) is 3.69. The molecule has 9 heteroatoms. The number of aromatic nitrogens is 3. The standard InChI is InChI=1S/C22H23N5O3S/c1-14-18(21(29)26-20(24-14)15-10-12-23-13-11-15)8-9-19(28)25-16-4-6-17(7-5-16)31-22(30)27(2)3/h4-7,10-13H,8-9H2,1-3H3,(H,25,28)(H,24,26,29). The number of carbonyl (C=O) groups excluding carboxylic acids is 2. The van der Waals surface area contributed by atoms with Gasteiger partial charge in [-0.1, -0.05) is 0 Å². The molecule has 3 aromatic rings. The van der Waals surface area contributed by atoms with Gasteiger partial charge in [-0.3, -0.25) is 19.4 Å². The number of hydrogen-bond acceptors (Lipinski definition) is 6. The number of hydrogen-bond donors (Lipinski definition) is 2. The molecular weight excluding hydrogens is 414 g/mol. The molecule has 0 bridgehead atoms. The number of anilines is 1. The Morgan fingerprint density at radius 1 is 1.10 bits per heavy atom. The number of carbonyl (C=O) groups is 2. The number of rotatable bonds is 6. The molecule has 31 heavy (non-hydrogen) atoms. The van der Waals surface area contributed by atoms with Gasteiger partial charge in [-0.05, 0) is 61.5 Å². The maximum absolute atomic E-state index is 12.5. The van der Waals surface area contributed by atoms with E-state index in [-0.39, 0.29) is 29.5 Å². The van der Waals surface area contributed by atoms with E-state index in [2.05, 4.69) is 20.3 Å². The molecule has 0 radical (unpaired) electrons. The number of aryl methyl sites for hydroxylation is 1. The van der Waals surface area contributed by atoms with Crippen LogP contribution in [-0.4, -0.2) is 45.1 Å². The average molecular weight is 438 g/mol. The second-order valence-electron chi connectivity index (χ2n) is 7.05. The Morgan fingerprint density at radius 2 is 1.77 bits per heavy atom. The lowest BCUT2D eigenvalue weighted by atomic mass is 10.1. The number of nitrogens with zero attached hydrogens (tertiary/aromatic N) is 3. The molecule has 0 aliphatic heterocycles.